The summed E-state index contributed by atoms with van der Waals surface area (Å²) in [4.78, 5) is 15.3. The number of furan rings is 1. The van der Waals surface area contributed by atoms with Crippen LogP contribution < -0.4 is 0 Å². The van der Waals surface area contributed by atoms with E-state index in [4.69, 9.17) is 19.4 Å². The maximum absolute atomic E-state index is 6.80. The third-order valence-corrected chi connectivity index (χ3v) is 9.72. The van der Waals surface area contributed by atoms with Crippen molar-refractivity contribution in [2.75, 3.05) is 0 Å². The quantitative estimate of drug-likeness (QED) is 0.186. The maximum Gasteiger partial charge on any atom is 0.167 e. The second kappa shape index (κ2) is 11.9. The zero-order valence-corrected chi connectivity index (χ0v) is 27.5. The van der Waals surface area contributed by atoms with Gasteiger partial charge >= 0.3 is 0 Å². The van der Waals surface area contributed by atoms with Crippen LogP contribution in [0.1, 0.15) is 0 Å². The predicted octanol–water partition coefficient (Wildman–Crippen LogP) is 12.4. The highest BCUT2D eigenvalue weighted by atomic mass is 16.3. The van der Waals surface area contributed by atoms with Crippen molar-refractivity contribution in [3.8, 4) is 56.4 Å². The van der Waals surface area contributed by atoms with Gasteiger partial charge in [0.2, 0.25) is 0 Å². The number of benzene rings is 8. The number of nitrogens with zero attached hydrogens (tertiary/aromatic N) is 3. The van der Waals surface area contributed by atoms with E-state index in [0.29, 0.717) is 17.5 Å². The van der Waals surface area contributed by atoms with Gasteiger partial charge in [-0.3, -0.25) is 0 Å². The Hall–Kier alpha value is -6.91. The standard InChI is InChI=1S/C47H29N3O/c1-3-12-31(13-4-1)39-26-27-40(44-43(39)41-28-35-17-7-8-18-36(35)29-42(41)51-44)47-49-45(33-15-5-2-6-16-33)48-46(50-47)34-24-22-32(23-25-34)38-21-11-19-30-14-9-10-20-37(30)38/h1-29H. The molecule has 0 unspecified atom stereocenters. The number of hydrogen-bond acceptors (Lipinski definition) is 4. The highest BCUT2D eigenvalue weighted by Crippen LogP contribution is 2.43. The second-order valence-corrected chi connectivity index (χ2v) is 12.8. The van der Waals surface area contributed by atoms with Gasteiger partial charge < -0.3 is 4.42 Å². The van der Waals surface area contributed by atoms with Crippen LogP contribution >= 0.6 is 0 Å². The summed E-state index contributed by atoms with van der Waals surface area (Å²) in [5.74, 6) is 1.77. The highest BCUT2D eigenvalue weighted by molar-refractivity contribution is 6.18. The average molecular weight is 652 g/mol. The van der Waals surface area contributed by atoms with Crippen LogP contribution in [0.15, 0.2) is 180 Å². The van der Waals surface area contributed by atoms with Crippen molar-refractivity contribution in [2.24, 2.45) is 0 Å². The molecule has 0 amide bonds. The maximum atomic E-state index is 6.80. The van der Waals surface area contributed by atoms with E-state index in [9.17, 15) is 0 Å². The molecule has 0 aliphatic heterocycles. The summed E-state index contributed by atoms with van der Waals surface area (Å²) >= 11 is 0. The van der Waals surface area contributed by atoms with Crippen molar-refractivity contribution in [1.29, 1.82) is 0 Å². The van der Waals surface area contributed by atoms with Crippen LogP contribution in [0.5, 0.6) is 0 Å². The Balaban J connectivity index is 1.18. The molecule has 0 saturated heterocycles. The highest BCUT2D eigenvalue weighted by Gasteiger charge is 2.21. The van der Waals surface area contributed by atoms with E-state index in [1.54, 1.807) is 0 Å². The van der Waals surface area contributed by atoms with Crippen LogP contribution in [-0.4, -0.2) is 15.0 Å². The van der Waals surface area contributed by atoms with Crippen LogP contribution in [0, 0.1) is 0 Å². The molecule has 2 heterocycles. The molecule has 238 valence electrons. The summed E-state index contributed by atoms with van der Waals surface area (Å²) in [5, 5.41) is 6.85. The molecular weight excluding hydrogens is 623 g/mol. The lowest BCUT2D eigenvalue weighted by Gasteiger charge is -2.11. The largest absolute Gasteiger partial charge is 0.455 e. The monoisotopic (exact) mass is 651 g/mol. The van der Waals surface area contributed by atoms with Crippen molar-refractivity contribution < 1.29 is 4.42 Å². The third kappa shape index (κ3) is 5.04. The zero-order valence-electron chi connectivity index (χ0n) is 27.5. The fourth-order valence-electron chi connectivity index (χ4n) is 7.22. The predicted molar refractivity (Wildman–Crippen MR) is 209 cm³/mol. The topological polar surface area (TPSA) is 51.8 Å². The SMILES string of the molecule is c1ccc(-c2nc(-c3ccc(-c4cccc5ccccc45)cc3)nc(-c3ccc(-c4ccccc4)c4c3oc3cc5ccccc5cc34)n2)cc1. The molecule has 0 fully saturated rings. The Morgan fingerprint density at radius 3 is 1.61 bits per heavy atom. The molecule has 0 atom stereocenters. The first kappa shape index (κ1) is 29.0. The fourth-order valence-corrected chi connectivity index (χ4v) is 7.22. The van der Waals surface area contributed by atoms with Crippen LogP contribution in [0.3, 0.4) is 0 Å². The van der Waals surface area contributed by atoms with Gasteiger partial charge in [0, 0.05) is 21.9 Å². The molecule has 0 bridgehead atoms. The van der Waals surface area contributed by atoms with E-state index >= 15 is 0 Å². The molecule has 0 aliphatic carbocycles. The van der Waals surface area contributed by atoms with Crippen LogP contribution in [-0.2, 0) is 0 Å². The van der Waals surface area contributed by atoms with Crippen molar-refractivity contribution in [2.45, 2.75) is 0 Å². The average Bonchev–Trinajstić information content (AvgIpc) is 3.58. The minimum absolute atomic E-state index is 0.560. The lowest BCUT2D eigenvalue weighted by atomic mass is 9.96. The summed E-state index contributed by atoms with van der Waals surface area (Å²) in [6, 6.07) is 61.0. The van der Waals surface area contributed by atoms with Crippen LogP contribution in [0.25, 0.3) is 99.9 Å². The van der Waals surface area contributed by atoms with Gasteiger partial charge in [0.25, 0.3) is 0 Å². The normalized spacial score (nSPS) is 11.5. The molecule has 0 N–H and O–H groups in total. The van der Waals surface area contributed by atoms with Gasteiger partial charge in [0.15, 0.2) is 17.5 Å². The molecule has 51 heavy (non-hydrogen) atoms. The first-order valence-electron chi connectivity index (χ1n) is 17.1. The van der Waals surface area contributed by atoms with E-state index in [1.165, 1.54) is 16.3 Å². The lowest BCUT2D eigenvalue weighted by Crippen LogP contribution is -2.00. The molecule has 2 aromatic heterocycles. The molecule has 4 heteroatoms. The van der Waals surface area contributed by atoms with Crippen molar-refractivity contribution in [3.05, 3.63) is 176 Å². The summed E-state index contributed by atoms with van der Waals surface area (Å²) in [7, 11) is 0. The smallest absolute Gasteiger partial charge is 0.167 e. The number of rotatable bonds is 5. The van der Waals surface area contributed by atoms with E-state index < -0.39 is 0 Å². The molecule has 10 aromatic rings. The molecule has 4 nitrogen and oxygen atoms in total. The van der Waals surface area contributed by atoms with Gasteiger partial charge in [-0.1, -0.05) is 158 Å². The minimum Gasteiger partial charge on any atom is -0.455 e. The van der Waals surface area contributed by atoms with Crippen molar-refractivity contribution in [1.82, 2.24) is 15.0 Å². The first-order valence-corrected chi connectivity index (χ1v) is 17.1. The Labute approximate surface area is 294 Å². The Morgan fingerprint density at radius 2 is 0.863 bits per heavy atom. The van der Waals surface area contributed by atoms with Crippen molar-refractivity contribution in [3.63, 3.8) is 0 Å². The van der Waals surface area contributed by atoms with Crippen molar-refractivity contribution >= 4 is 43.5 Å². The molecule has 8 aromatic carbocycles. The Bertz CT molecular complexity index is 2890. The van der Waals surface area contributed by atoms with Gasteiger partial charge in [-0.25, -0.2) is 15.0 Å². The van der Waals surface area contributed by atoms with Gasteiger partial charge in [-0.15, -0.1) is 0 Å². The number of hydrogen-bond donors (Lipinski definition) is 0. The molecule has 10 rings (SSSR count). The third-order valence-electron chi connectivity index (χ3n) is 9.72. The van der Waals surface area contributed by atoms with E-state index in [2.05, 4.69) is 140 Å². The van der Waals surface area contributed by atoms with Crippen LogP contribution in [0.2, 0.25) is 0 Å². The molecular formula is C47H29N3O. The Kier molecular flexibility index (Phi) is 6.78. The number of fused-ring (bicyclic) bond motifs is 5. The van der Waals surface area contributed by atoms with E-state index in [-0.39, 0.29) is 0 Å². The molecule has 0 spiro atoms. The summed E-state index contributed by atoms with van der Waals surface area (Å²) in [6.07, 6.45) is 0. The molecule has 0 saturated carbocycles. The van der Waals surface area contributed by atoms with Gasteiger partial charge in [-0.05, 0) is 62.0 Å². The van der Waals surface area contributed by atoms with Gasteiger partial charge in [0.1, 0.15) is 11.2 Å². The summed E-state index contributed by atoms with van der Waals surface area (Å²) in [5.41, 5.74) is 8.79. The molecule has 0 radical (unpaired) electrons. The van der Waals surface area contributed by atoms with E-state index in [0.717, 1.165) is 66.1 Å². The summed E-state index contributed by atoms with van der Waals surface area (Å²) < 4.78 is 6.80. The lowest BCUT2D eigenvalue weighted by molar-refractivity contribution is 0.670. The van der Waals surface area contributed by atoms with Gasteiger partial charge in [0.05, 0.1) is 5.56 Å². The fraction of sp³-hybridized carbons (Fsp3) is 0. The van der Waals surface area contributed by atoms with E-state index in [1.807, 2.05) is 36.4 Å². The zero-order chi connectivity index (χ0) is 33.7. The first-order chi connectivity index (χ1) is 25.3. The van der Waals surface area contributed by atoms with Gasteiger partial charge in [-0.2, -0.15) is 0 Å². The molecule has 0 aliphatic rings. The number of aromatic nitrogens is 3. The van der Waals surface area contributed by atoms with Crippen LogP contribution in [0.4, 0.5) is 0 Å². The summed E-state index contributed by atoms with van der Waals surface area (Å²) in [6.45, 7) is 0. The Morgan fingerprint density at radius 1 is 0.333 bits per heavy atom. The second-order valence-electron chi connectivity index (χ2n) is 12.8. The minimum atomic E-state index is 0.560.